The number of aryl methyl sites for hydroxylation is 1. The van der Waals surface area contributed by atoms with Gasteiger partial charge in [0.25, 0.3) is 0 Å². The summed E-state index contributed by atoms with van der Waals surface area (Å²) in [4.78, 5) is 2.50. The van der Waals surface area contributed by atoms with Gasteiger partial charge in [0.1, 0.15) is 0 Å². The zero-order chi connectivity index (χ0) is 13.1. The summed E-state index contributed by atoms with van der Waals surface area (Å²) in [7, 11) is 0. The molecule has 0 saturated carbocycles. The van der Waals surface area contributed by atoms with Gasteiger partial charge in [-0.25, -0.2) is 0 Å². The van der Waals surface area contributed by atoms with Crippen molar-refractivity contribution in [3.63, 3.8) is 0 Å². The molecular formula is C15H23BrN2. The monoisotopic (exact) mass is 310 g/mol. The van der Waals surface area contributed by atoms with Gasteiger partial charge in [0.05, 0.1) is 0 Å². The highest BCUT2D eigenvalue weighted by Gasteiger charge is 2.22. The van der Waals surface area contributed by atoms with Crippen LogP contribution >= 0.6 is 15.9 Å². The largest absolute Gasteiger partial charge is 0.371 e. The molecule has 1 unspecified atom stereocenters. The summed E-state index contributed by atoms with van der Waals surface area (Å²) in [6, 6.07) is 7.26. The van der Waals surface area contributed by atoms with Gasteiger partial charge in [0.2, 0.25) is 0 Å². The molecule has 1 heterocycles. The second kappa shape index (κ2) is 6.07. The van der Waals surface area contributed by atoms with E-state index in [1.165, 1.54) is 35.2 Å². The first-order chi connectivity index (χ1) is 8.56. The van der Waals surface area contributed by atoms with Gasteiger partial charge in [0.15, 0.2) is 0 Å². The van der Waals surface area contributed by atoms with E-state index in [-0.39, 0.29) is 0 Å². The first kappa shape index (κ1) is 13.9. The van der Waals surface area contributed by atoms with Gasteiger partial charge >= 0.3 is 0 Å². The number of rotatable bonds is 4. The highest BCUT2D eigenvalue weighted by atomic mass is 79.9. The first-order valence-corrected chi connectivity index (χ1v) is 7.60. The Hall–Kier alpha value is -0.540. The van der Waals surface area contributed by atoms with Crippen LogP contribution in [0.1, 0.15) is 25.8 Å². The van der Waals surface area contributed by atoms with Crippen LogP contribution < -0.4 is 10.2 Å². The van der Waals surface area contributed by atoms with Crippen LogP contribution in [0.15, 0.2) is 22.7 Å². The molecule has 1 aliphatic rings. The third kappa shape index (κ3) is 3.48. The summed E-state index contributed by atoms with van der Waals surface area (Å²) in [5, 5.41) is 3.54. The van der Waals surface area contributed by atoms with Crippen molar-refractivity contribution >= 4 is 21.6 Å². The predicted molar refractivity (Wildman–Crippen MR) is 82.3 cm³/mol. The van der Waals surface area contributed by atoms with Crippen molar-refractivity contribution in [3.8, 4) is 0 Å². The van der Waals surface area contributed by atoms with Gasteiger partial charge in [-0.2, -0.15) is 0 Å². The van der Waals surface area contributed by atoms with Crippen LogP contribution in [-0.4, -0.2) is 25.7 Å². The number of hydrogen-bond donors (Lipinski definition) is 1. The Morgan fingerprint density at radius 3 is 2.89 bits per heavy atom. The lowest BCUT2D eigenvalue weighted by molar-refractivity contribution is 0.480. The molecule has 1 saturated heterocycles. The lowest BCUT2D eigenvalue weighted by Gasteiger charge is -2.20. The predicted octanol–water partition coefficient (Wildman–Crippen LogP) is 3.58. The smallest absolute Gasteiger partial charge is 0.0377 e. The number of anilines is 1. The Kier molecular flexibility index (Phi) is 4.68. The number of halogens is 1. The zero-order valence-corrected chi connectivity index (χ0v) is 13.1. The van der Waals surface area contributed by atoms with E-state index in [0.29, 0.717) is 6.04 Å². The maximum absolute atomic E-state index is 3.62. The second-order valence-electron chi connectivity index (χ2n) is 5.60. The summed E-state index contributed by atoms with van der Waals surface area (Å²) in [5.74, 6) is 0.785. The molecule has 1 fully saturated rings. The number of benzene rings is 1. The zero-order valence-electron chi connectivity index (χ0n) is 11.5. The van der Waals surface area contributed by atoms with E-state index in [9.17, 15) is 0 Å². The summed E-state index contributed by atoms with van der Waals surface area (Å²) in [6.07, 6.45) is 1.30. The van der Waals surface area contributed by atoms with Crippen LogP contribution in [0.3, 0.4) is 0 Å². The van der Waals surface area contributed by atoms with Crippen molar-refractivity contribution in [1.82, 2.24) is 5.32 Å². The van der Waals surface area contributed by atoms with Crippen molar-refractivity contribution in [1.29, 1.82) is 0 Å². The molecule has 0 spiro atoms. The van der Waals surface area contributed by atoms with Gasteiger partial charge in [-0.05, 0) is 43.5 Å². The molecule has 0 bridgehead atoms. The van der Waals surface area contributed by atoms with E-state index in [1.54, 1.807) is 0 Å². The molecule has 1 aromatic carbocycles. The minimum atomic E-state index is 0.590. The molecule has 1 atom stereocenters. The molecule has 1 aromatic rings. The van der Waals surface area contributed by atoms with Crippen LogP contribution in [-0.2, 0) is 0 Å². The Labute approximate surface area is 119 Å². The molecule has 0 radical (unpaired) electrons. The highest BCUT2D eigenvalue weighted by molar-refractivity contribution is 9.10. The fourth-order valence-corrected chi connectivity index (χ4v) is 2.78. The van der Waals surface area contributed by atoms with Gasteiger partial charge < -0.3 is 10.2 Å². The summed E-state index contributed by atoms with van der Waals surface area (Å²) < 4.78 is 1.21. The standard InChI is InChI=1S/C15H23BrN2/c1-11(2)17-9-13-6-7-18(10-13)14-5-4-12(3)15(16)8-14/h4-5,8,11,13,17H,6-7,9-10H2,1-3H3. The average Bonchev–Trinajstić information content (AvgIpc) is 2.79. The van der Waals surface area contributed by atoms with Crippen LogP contribution in [0.2, 0.25) is 0 Å². The van der Waals surface area contributed by atoms with Gasteiger partial charge in [-0.15, -0.1) is 0 Å². The van der Waals surface area contributed by atoms with Gasteiger partial charge in [-0.1, -0.05) is 35.8 Å². The van der Waals surface area contributed by atoms with E-state index in [0.717, 1.165) is 12.5 Å². The van der Waals surface area contributed by atoms with Crippen molar-refractivity contribution in [2.45, 2.75) is 33.2 Å². The maximum Gasteiger partial charge on any atom is 0.0377 e. The minimum absolute atomic E-state index is 0.590. The molecule has 0 aromatic heterocycles. The fraction of sp³-hybridized carbons (Fsp3) is 0.600. The molecule has 1 N–H and O–H groups in total. The van der Waals surface area contributed by atoms with Gasteiger partial charge in [-0.3, -0.25) is 0 Å². The lowest BCUT2D eigenvalue weighted by Crippen LogP contribution is -2.30. The topological polar surface area (TPSA) is 15.3 Å². The second-order valence-corrected chi connectivity index (χ2v) is 6.45. The SMILES string of the molecule is Cc1ccc(N2CCC(CNC(C)C)C2)cc1Br. The van der Waals surface area contributed by atoms with Crippen molar-refractivity contribution < 1.29 is 0 Å². The van der Waals surface area contributed by atoms with E-state index in [1.807, 2.05) is 0 Å². The van der Waals surface area contributed by atoms with Gasteiger partial charge in [0, 0.05) is 29.3 Å². The number of nitrogens with one attached hydrogen (secondary N) is 1. The molecule has 0 aliphatic carbocycles. The lowest BCUT2D eigenvalue weighted by atomic mass is 10.1. The summed E-state index contributed by atoms with van der Waals surface area (Å²) in [5.41, 5.74) is 2.65. The molecule has 1 aliphatic heterocycles. The molecule has 18 heavy (non-hydrogen) atoms. The quantitative estimate of drug-likeness (QED) is 0.914. The number of hydrogen-bond acceptors (Lipinski definition) is 2. The van der Waals surface area contributed by atoms with E-state index in [4.69, 9.17) is 0 Å². The average molecular weight is 311 g/mol. The molecular weight excluding hydrogens is 288 g/mol. The highest BCUT2D eigenvalue weighted by Crippen LogP contribution is 2.27. The normalized spacial score (nSPS) is 19.8. The maximum atomic E-state index is 3.62. The van der Waals surface area contributed by atoms with Crippen LogP contribution in [0.25, 0.3) is 0 Å². The minimum Gasteiger partial charge on any atom is -0.371 e. The molecule has 3 heteroatoms. The molecule has 2 nitrogen and oxygen atoms in total. The van der Waals surface area contributed by atoms with E-state index in [2.05, 4.69) is 65.1 Å². The Morgan fingerprint density at radius 1 is 1.44 bits per heavy atom. The van der Waals surface area contributed by atoms with Crippen LogP contribution in [0.5, 0.6) is 0 Å². The van der Waals surface area contributed by atoms with Crippen molar-refractivity contribution in [2.24, 2.45) is 5.92 Å². The van der Waals surface area contributed by atoms with E-state index >= 15 is 0 Å². The third-order valence-corrected chi connectivity index (χ3v) is 4.48. The van der Waals surface area contributed by atoms with Crippen LogP contribution in [0.4, 0.5) is 5.69 Å². The van der Waals surface area contributed by atoms with Crippen molar-refractivity contribution in [3.05, 3.63) is 28.2 Å². The molecule has 2 rings (SSSR count). The Morgan fingerprint density at radius 2 is 2.22 bits per heavy atom. The van der Waals surface area contributed by atoms with Crippen molar-refractivity contribution in [2.75, 3.05) is 24.5 Å². The molecule has 0 amide bonds. The van der Waals surface area contributed by atoms with Crippen LogP contribution in [0, 0.1) is 12.8 Å². The molecule has 100 valence electrons. The summed E-state index contributed by atoms with van der Waals surface area (Å²) >= 11 is 3.62. The number of nitrogens with zero attached hydrogens (tertiary/aromatic N) is 1. The van der Waals surface area contributed by atoms with E-state index < -0.39 is 0 Å². The Bertz CT molecular complexity index is 403. The first-order valence-electron chi connectivity index (χ1n) is 6.80. The summed E-state index contributed by atoms with van der Waals surface area (Å²) in [6.45, 7) is 10.1. The third-order valence-electron chi connectivity index (χ3n) is 3.62. The Balaban J connectivity index is 1.93. The fourth-order valence-electron chi connectivity index (χ4n) is 2.41.